The SMILES string of the molecule is C=CCc1cc2c(cc1NC(=O)[C@H](Cc1ccccc1)NC(=O)OC(C)(C)C)OCO2. The van der Waals surface area contributed by atoms with Crippen LogP contribution in [0.5, 0.6) is 11.5 Å². The number of hydrogen-bond acceptors (Lipinski definition) is 5. The van der Waals surface area contributed by atoms with Gasteiger partial charge in [0.15, 0.2) is 11.5 Å². The topological polar surface area (TPSA) is 85.9 Å². The standard InChI is InChI=1S/C24H28N2O5/c1-5-9-17-13-20-21(30-15-29-20)14-18(17)25-22(27)19(12-16-10-7-6-8-11-16)26-23(28)31-24(2,3)4/h5-8,10-11,13-14,19H,1,9,12,15H2,2-4H3,(H,25,27)(H,26,28)/t19-/m0/s1. The molecule has 2 amide bonds. The number of nitrogens with one attached hydrogen (secondary N) is 2. The molecule has 0 fully saturated rings. The Labute approximate surface area is 182 Å². The quantitative estimate of drug-likeness (QED) is 0.650. The Balaban J connectivity index is 1.82. The Kier molecular flexibility index (Phi) is 6.84. The summed E-state index contributed by atoms with van der Waals surface area (Å²) in [4.78, 5) is 25.6. The number of carbonyl (C=O) groups excluding carboxylic acids is 2. The predicted octanol–water partition coefficient (Wildman–Crippen LogP) is 4.22. The molecule has 7 heteroatoms. The largest absolute Gasteiger partial charge is 0.454 e. The van der Waals surface area contributed by atoms with Gasteiger partial charge < -0.3 is 24.8 Å². The van der Waals surface area contributed by atoms with Crippen molar-refractivity contribution in [2.24, 2.45) is 0 Å². The lowest BCUT2D eigenvalue weighted by Crippen LogP contribution is -2.47. The lowest BCUT2D eigenvalue weighted by molar-refractivity contribution is -0.118. The minimum absolute atomic E-state index is 0.136. The van der Waals surface area contributed by atoms with Gasteiger partial charge in [-0.1, -0.05) is 36.4 Å². The maximum Gasteiger partial charge on any atom is 0.408 e. The van der Waals surface area contributed by atoms with Gasteiger partial charge in [0.1, 0.15) is 11.6 Å². The zero-order valence-corrected chi connectivity index (χ0v) is 18.1. The molecule has 1 heterocycles. The van der Waals surface area contributed by atoms with Crippen LogP contribution in [0, 0.1) is 0 Å². The van der Waals surface area contributed by atoms with Gasteiger partial charge in [0.2, 0.25) is 12.7 Å². The van der Waals surface area contributed by atoms with Gasteiger partial charge in [-0.25, -0.2) is 4.79 Å². The van der Waals surface area contributed by atoms with Crippen LogP contribution in [-0.4, -0.2) is 30.4 Å². The summed E-state index contributed by atoms with van der Waals surface area (Å²) in [6, 6.07) is 12.2. The monoisotopic (exact) mass is 424 g/mol. The fourth-order valence-electron chi connectivity index (χ4n) is 3.15. The van der Waals surface area contributed by atoms with E-state index < -0.39 is 17.7 Å². The third-order valence-corrected chi connectivity index (χ3v) is 4.51. The molecule has 0 unspecified atom stereocenters. The van der Waals surface area contributed by atoms with Crippen molar-refractivity contribution in [3.63, 3.8) is 0 Å². The summed E-state index contributed by atoms with van der Waals surface area (Å²) in [6.45, 7) is 9.22. The molecule has 2 aromatic carbocycles. The van der Waals surface area contributed by atoms with Crippen molar-refractivity contribution < 1.29 is 23.8 Å². The third kappa shape index (κ3) is 6.25. The van der Waals surface area contributed by atoms with Crippen LogP contribution < -0.4 is 20.1 Å². The van der Waals surface area contributed by atoms with Crippen LogP contribution >= 0.6 is 0 Å². The summed E-state index contributed by atoms with van der Waals surface area (Å²) in [5, 5.41) is 5.62. The van der Waals surface area contributed by atoms with E-state index in [4.69, 9.17) is 14.2 Å². The molecule has 0 aliphatic carbocycles. The van der Waals surface area contributed by atoms with E-state index in [-0.39, 0.29) is 12.7 Å². The molecule has 0 saturated carbocycles. The van der Waals surface area contributed by atoms with Crippen molar-refractivity contribution in [1.82, 2.24) is 5.32 Å². The van der Waals surface area contributed by atoms with Crippen molar-refractivity contribution in [1.29, 1.82) is 0 Å². The maximum absolute atomic E-state index is 13.2. The first-order valence-electron chi connectivity index (χ1n) is 10.1. The zero-order chi connectivity index (χ0) is 22.4. The molecule has 0 spiro atoms. The van der Waals surface area contributed by atoms with Crippen molar-refractivity contribution in [2.45, 2.75) is 45.3 Å². The molecular weight excluding hydrogens is 396 g/mol. The minimum Gasteiger partial charge on any atom is -0.454 e. The molecule has 1 atom stereocenters. The summed E-state index contributed by atoms with van der Waals surface area (Å²) < 4.78 is 16.2. The molecule has 2 aromatic rings. The first kappa shape index (κ1) is 22.2. The van der Waals surface area contributed by atoms with Gasteiger partial charge in [0, 0.05) is 18.2 Å². The lowest BCUT2D eigenvalue weighted by atomic mass is 10.0. The average Bonchev–Trinajstić information content (AvgIpc) is 3.14. The smallest absolute Gasteiger partial charge is 0.408 e. The second-order valence-electron chi connectivity index (χ2n) is 8.23. The van der Waals surface area contributed by atoms with E-state index in [0.717, 1.165) is 11.1 Å². The summed E-state index contributed by atoms with van der Waals surface area (Å²) in [6.07, 6.45) is 1.94. The zero-order valence-electron chi connectivity index (χ0n) is 18.1. The number of amides is 2. The average molecular weight is 424 g/mol. The summed E-state index contributed by atoms with van der Waals surface area (Å²) in [7, 11) is 0. The van der Waals surface area contributed by atoms with E-state index in [0.29, 0.717) is 30.0 Å². The number of allylic oxidation sites excluding steroid dienone is 1. The Hall–Kier alpha value is -3.48. The minimum atomic E-state index is -0.834. The highest BCUT2D eigenvalue weighted by Gasteiger charge is 2.26. The Morgan fingerprint density at radius 3 is 2.48 bits per heavy atom. The molecule has 1 aliphatic rings. The molecule has 3 rings (SSSR count). The van der Waals surface area contributed by atoms with E-state index in [1.807, 2.05) is 36.4 Å². The third-order valence-electron chi connectivity index (χ3n) is 4.51. The van der Waals surface area contributed by atoms with E-state index in [2.05, 4.69) is 17.2 Å². The van der Waals surface area contributed by atoms with E-state index in [1.54, 1.807) is 32.9 Å². The fraction of sp³-hybridized carbons (Fsp3) is 0.333. The van der Waals surface area contributed by atoms with Crippen molar-refractivity contribution in [3.8, 4) is 11.5 Å². The van der Waals surface area contributed by atoms with Crippen LogP contribution in [0.15, 0.2) is 55.1 Å². The van der Waals surface area contributed by atoms with Gasteiger partial charge >= 0.3 is 6.09 Å². The number of alkyl carbamates (subject to hydrolysis) is 1. The second-order valence-corrected chi connectivity index (χ2v) is 8.23. The highest BCUT2D eigenvalue weighted by Crippen LogP contribution is 2.37. The van der Waals surface area contributed by atoms with Crippen LogP contribution in [0.4, 0.5) is 10.5 Å². The number of ether oxygens (including phenoxy) is 3. The summed E-state index contributed by atoms with van der Waals surface area (Å²) in [5.74, 6) is 0.823. The Morgan fingerprint density at radius 1 is 1.16 bits per heavy atom. The van der Waals surface area contributed by atoms with Crippen molar-refractivity contribution in [3.05, 3.63) is 66.2 Å². The molecule has 0 saturated heterocycles. The molecule has 0 aromatic heterocycles. The normalized spacial score (nSPS) is 13.3. The van der Waals surface area contributed by atoms with Crippen LogP contribution in [0.1, 0.15) is 31.9 Å². The van der Waals surface area contributed by atoms with E-state index in [9.17, 15) is 9.59 Å². The lowest BCUT2D eigenvalue weighted by Gasteiger charge is -2.24. The van der Waals surface area contributed by atoms with Crippen LogP contribution in [-0.2, 0) is 22.4 Å². The van der Waals surface area contributed by atoms with Gasteiger partial charge in [-0.05, 0) is 44.4 Å². The molecule has 1 aliphatic heterocycles. The van der Waals surface area contributed by atoms with Gasteiger partial charge in [-0.3, -0.25) is 4.79 Å². The van der Waals surface area contributed by atoms with E-state index >= 15 is 0 Å². The fourth-order valence-corrected chi connectivity index (χ4v) is 3.15. The highest BCUT2D eigenvalue weighted by molar-refractivity contribution is 5.97. The van der Waals surface area contributed by atoms with Crippen LogP contribution in [0.2, 0.25) is 0 Å². The molecule has 2 N–H and O–H groups in total. The predicted molar refractivity (Wildman–Crippen MR) is 118 cm³/mol. The number of rotatable bonds is 7. The van der Waals surface area contributed by atoms with Gasteiger partial charge in [0.05, 0.1) is 0 Å². The summed E-state index contributed by atoms with van der Waals surface area (Å²) in [5.41, 5.74) is 1.66. The van der Waals surface area contributed by atoms with E-state index in [1.165, 1.54) is 0 Å². The van der Waals surface area contributed by atoms with Crippen molar-refractivity contribution >= 4 is 17.7 Å². The molecule has 7 nitrogen and oxygen atoms in total. The van der Waals surface area contributed by atoms with Gasteiger partial charge in [-0.15, -0.1) is 6.58 Å². The Bertz CT molecular complexity index is 950. The molecule has 31 heavy (non-hydrogen) atoms. The number of carbonyl (C=O) groups is 2. The molecule has 0 radical (unpaired) electrons. The molecular formula is C24H28N2O5. The van der Waals surface area contributed by atoms with Crippen LogP contribution in [0.25, 0.3) is 0 Å². The maximum atomic E-state index is 13.2. The second kappa shape index (κ2) is 9.55. The molecule has 164 valence electrons. The number of fused-ring (bicyclic) bond motifs is 1. The number of benzene rings is 2. The first-order chi connectivity index (χ1) is 14.7. The Morgan fingerprint density at radius 2 is 1.84 bits per heavy atom. The van der Waals surface area contributed by atoms with Gasteiger partial charge in [0.25, 0.3) is 0 Å². The van der Waals surface area contributed by atoms with Crippen LogP contribution in [0.3, 0.4) is 0 Å². The number of anilines is 1. The molecule has 0 bridgehead atoms. The highest BCUT2D eigenvalue weighted by atomic mass is 16.7. The van der Waals surface area contributed by atoms with Gasteiger partial charge in [-0.2, -0.15) is 0 Å². The van der Waals surface area contributed by atoms with Crippen molar-refractivity contribution in [2.75, 3.05) is 12.1 Å². The number of hydrogen-bond donors (Lipinski definition) is 2. The first-order valence-corrected chi connectivity index (χ1v) is 10.1. The summed E-state index contributed by atoms with van der Waals surface area (Å²) >= 11 is 0.